The summed E-state index contributed by atoms with van der Waals surface area (Å²) in [5, 5.41) is 14.1. The zero-order chi connectivity index (χ0) is 47.7. The molecule has 16 heteroatoms. The van der Waals surface area contributed by atoms with Gasteiger partial charge in [-0.2, -0.15) is 4.98 Å². The highest BCUT2D eigenvalue weighted by Gasteiger charge is 2.22. The van der Waals surface area contributed by atoms with E-state index in [4.69, 9.17) is 18.9 Å². The van der Waals surface area contributed by atoms with Gasteiger partial charge >= 0.3 is 0 Å². The number of rotatable bonds is 24. The number of nitrogens with zero attached hydrogens (tertiary/aromatic N) is 8. The average Bonchev–Trinajstić information content (AvgIpc) is 3.60. The molecule has 0 spiro atoms. The van der Waals surface area contributed by atoms with Crippen molar-refractivity contribution in [1.82, 2.24) is 34.1 Å². The second-order valence-corrected chi connectivity index (χ2v) is 17.0. The number of ether oxygens (including phenoxy) is 4. The van der Waals surface area contributed by atoms with E-state index in [1.165, 1.54) is 16.4 Å². The Morgan fingerprint density at radius 2 is 1.51 bits per heavy atom. The molecule has 2 aliphatic rings. The molecule has 0 atom stereocenters. The van der Waals surface area contributed by atoms with Gasteiger partial charge in [0, 0.05) is 63.9 Å². The standard InChI is InChI=1S/C52H63N9O7/c1-5-25-60-50(63)45-37-53-51(56-49(45)61(60)47-15-11-14-46(55-47)52(2,3)64)54-42-20-22-43(23-21-42)57(4)48(62)24-31-65-33-35-67-36-34-66-32-30-58-26-28-59(29-27-58)38-40-16-18-41(19-17-40)39-68-44-12-9-7-6-8-10-13-44/h5-23,37,64H,1,24-36,38-39H2,2-4H3,(H,53,54,56)/b7-6-,8-6?,9-7?,10-8-,12-9-,13-10?,44-12?,44-13+. The predicted molar refractivity (Wildman–Crippen MR) is 265 cm³/mol. The Hall–Kier alpha value is -6.53. The minimum Gasteiger partial charge on any atom is -0.489 e. The summed E-state index contributed by atoms with van der Waals surface area (Å²) in [5.41, 5.74) is 3.16. The fourth-order valence-corrected chi connectivity index (χ4v) is 7.58. The van der Waals surface area contributed by atoms with Crippen LogP contribution in [0.1, 0.15) is 37.1 Å². The molecule has 5 aromatic rings. The Kier molecular flexibility index (Phi) is 17.8. The predicted octanol–water partition coefficient (Wildman–Crippen LogP) is 6.44. The Balaban J connectivity index is 0.738. The number of fused-ring (bicyclic) bond motifs is 1. The van der Waals surface area contributed by atoms with Crippen LogP contribution in [0.3, 0.4) is 0 Å². The number of hydrogen-bond acceptors (Lipinski definition) is 13. The lowest BCUT2D eigenvalue weighted by atomic mass is 10.1. The van der Waals surface area contributed by atoms with Crippen LogP contribution in [0.5, 0.6) is 0 Å². The van der Waals surface area contributed by atoms with E-state index in [0.717, 1.165) is 50.6 Å². The molecule has 3 aromatic heterocycles. The van der Waals surface area contributed by atoms with E-state index in [2.05, 4.69) is 60.9 Å². The lowest BCUT2D eigenvalue weighted by Crippen LogP contribution is -2.46. The fourth-order valence-electron chi connectivity index (χ4n) is 7.58. The quantitative estimate of drug-likeness (QED) is 0.0515. The molecule has 1 saturated heterocycles. The number of piperazine rings is 1. The normalized spacial score (nSPS) is 16.6. The van der Waals surface area contributed by atoms with Crippen LogP contribution in [0.4, 0.5) is 17.3 Å². The topological polar surface area (TPSA) is 162 Å². The molecule has 1 fully saturated rings. The molecule has 0 saturated carbocycles. The van der Waals surface area contributed by atoms with Crippen LogP contribution in [0.2, 0.25) is 0 Å². The minimum atomic E-state index is -1.19. The number of anilines is 3. The van der Waals surface area contributed by atoms with E-state index in [1.807, 2.05) is 66.8 Å². The largest absolute Gasteiger partial charge is 0.489 e. The molecule has 2 aromatic carbocycles. The Bertz CT molecular complexity index is 2620. The first-order valence-electron chi connectivity index (χ1n) is 23.1. The monoisotopic (exact) mass is 925 g/mol. The van der Waals surface area contributed by atoms with Crippen molar-refractivity contribution in [2.24, 2.45) is 0 Å². The molecule has 0 radical (unpaired) electrons. The summed E-state index contributed by atoms with van der Waals surface area (Å²) in [6.07, 6.45) is 17.2. The molecule has 7 rings (SSSR count). The van der Waals surface area contributed by atoms with Crippen molar-refractivity contribution in [3.63, 3.8) is 0 Å². The average molecular weight is 926 g/mol. The number of allylic oxidation sites excluding steroid dienone is 8. The second-order valence-electron chi connectivity index (χ2n) is 17.0. The molecule has 1 aliphatic heterocycles. The number of benzene rings is 2. The maximum Gasteiger partial charge on any atom is 0.278 e. The Morgan fingerprint density at radius 3 is 2.25 bits per heavy atom. The molecule has 0 bridgehead atoms. The molecular weight excluding hydrogens is 863 g/mol. The summed E-state index contributed by atoms with van der Waals surface area (Å²) in [7, 11) is 1.73. The summed E-state index contributed by atoms with van der Waals surface area (Å²) in [6, 6.07) is 21.3. The first-order chi connectivity index (χ1) is 33.1. The molecule has 1 amide bonds. The Labute approximate surface area is 398 Å². The molecule has 16 nitrogen and oxygen atoms in total. The van der Waals surface area contributed by atoms with Crippen LogP contribution in [0.15, 0.2) is 139 Å². The number of carbonyl (C=O) groups is 1. The van der Waals surface area contributed by atoms with Gasteiger partial charge in [0.2, 0.25) is 11.9 Å². The van der Waals surface area contributed by atoms with E-state index in [9.17, 15) is 14.7 Å². The summed E-state index contributed by atoms with van der Waals surface area (Å²) in [5.74, 6) is 1.44. The molecular formula is C52H63N9O7. The third-order valence-electron chi connectivity index (χ3n) is 11.5. The van der Waals surface area contributed by atoms with Gasteiger partial charge in [-0.15, -0.1) is 6.58 Å². The van der Waals surface area contributed by atoms with Crippen molar-refractivity contribution in [1.29, 1.82) is 0 Å². The second kappa shape index (κ2) is 24.5. The Morgan fingerprint density at radius 1 is 0.838 bits per heavy atom. The van der Waals surface area contributed by atoms with Crippen molar-refractivity contribution < 1.29 is 28.8 Å². The molecule has 0 unspecified atom stereocenters. The van der Waals surface area contributed by atoms with Gasteiger partial charge < -0.3 is 34.3 Å². The molecule has 1 aliphatic carbocycles. The van der Waals surface area contributed by atoms with E-state index >= 15 is 0 Å². The van der Waals surface area contributed by atoms with Crippen LogP contribution in [0, 0.1) is 0 Å². The van der Waals surface area contributed by atoms with Gasteiger partial charge in [0.1, 0.15) is 23.4 Å². The zero-order valence-electron chi connectivity index (χ0n) is 39.3. The highest BCUT2D eigenvalue weighted by atomic mass is 16.5. The SMILES string of the molecule is C=CCn1c(=O)c2cnc(Nc3ccc(N(C)C(=O)CCOCCOCCOCCN4CCN(Cc5ccc(COC6=C/C=C\C=C/C=C\6)cc5)CC4)cc3)nc2n1-c1cccc(C(C)(C)O)n1. The van der Waals surface area contributed by atoms with Gasteiger partial charge in [-0.3, -0.25) is 19.4 Å². The van der Waals surface area contributed by atoms with Crippen molar-refractivity contribution in [3.8, 4) is 5.82 Å². The van der Waals surface area contributed by atoms with Crippen molar-refractivity contribution in [3.05, 3.63) is 161 Å². The maximum absolute atomic E-state index is 13.4. The van der Waals surface area contributed by atoms with Gasteiger partial charge in [-0.05, 0) is 73.5 Å². The summed E-state index contributed by atoms with van der Waals surface area (Å²) < 4.78 is 26.2. The van der Waals surface area contributed by atoms with Crippen molar-refractivity contribution in [2.45, 2.75) is 45.6 Å². The summed E-state index contributed by atoms with van der Waals surface area (Å²) in [6.45, 7) is 16.6. The number of aliphatic hydroxyl groups is 1. The van der Waals surface area contributed by atoms with Gasteiger partial charge in [-0.1, -0.05) is 66.8 Å². The minimum absolute atomic E-state index is 0.0838. The van der Waals surface area contributed by atoms with Gasteiger partial charge in [-0.25, -0.2) is 19.3 Å². The van der Waals surface area contributed by atoms with Gasteiger partial charge in [0.05, 0.1) is 58.3 Å². The van der Waals surface area contributed by atoms with Crippen LogP contribution in [0.25, 0.3) is 16.9 Å². The third-order valence-corrected chi connectivity index (χ3v) is 11.5. The number of amides is 1. The number of carbonyl (C=O) groups excluding carboxylic acids is 1. The maximum atomic E-state index is 13.4. The third kappa shape index (κ3) is 14.0. The van der Waals surface area contributed by atoms with Crippen LogP contribution in [-0.2, 0) is 49.0 Å². The molecule has 68 heavy (non-hydrogen) atoms. The van der Waals surface area contributed by atoms with Crippen molar-refractivity contribution >= 4 is 34.3 Å². The zero-order valence-corrected chi connectivity index (χ0v) is 39.3. The summed E-state index contributed by atoms with van der Waals surface area (Å²) in [4.78, 5) is 46.6. The highest BCUT2D eigenvalue weighted by molar-refractivity contribution is 5.93. The van der Waals surface area contributed by atoms with Crippen LogP contribution < -0.4 is 15.8 Å². The van der Waals surface area contributed by atoms with Crippen LogP contribution in [-0.4, -0.2) is 125 Å². The van der Waals surface area contributed by atoms with E-state index < -0.39 is 5.60 Å². The number of aromatic nitrogens is 5. The number of pyridine rings is 1. The number of nitrogens with one attached hydrogen (secondary N) is 1. The summed E-state index contributed by atoms with van der Waals surface area (Å²) >= 11 is 0. The van der Waals surface area contributed by atoms with Crippen molar-refractivity contribution in [2.75, 3.05) is 89.6 Å². The van der Waals surface area contributed by atoms with Gasteiger partial charge in [0.25, 0.3) is 5.56 Å². The highest BCUT2D eigenvalue weighted by Crippen LogP contribution is 2.24. The van der Waals surface area contributed by atoms with Crippen LogP contribution >= 0.6 is 0 Å². The smallest absolute Gasteiger partial charge is 0.278 e. The lowest BCUT2D eigenvalue weighted by molar-refractivity contribution is -0.119. The number of hydrogen-bond donors (Lipinski definition) is 2. The van der Waals surface area contributed by atoms with E-state index in [1.54, 1.807) is 54.8 Å². The van der Waals surface area contributed by atoms with Gasteiger partial charge in [0.15, 0.2) is 11.5 Å². The fraction of sp³-hybridized carbons (Fsp3) is 0.365. The van der Waals surface area contributed by atoms with E-state index in [-0.39, 0.29) is 37.0 Å². The first kappa shape index (κ1) is 49.4. The molecule has 4 heterocycles. The van der Waals surface area contributed by atoms with E-state index in [0.29, 0.717) is 73.6 Å². The lowest BCUT2D eigenvalue weighted by Gasteiger charge is -2.34. The molecule has 2 N–H and O–H groups in total. The first-order valence-corrected chi connectivity index (χ1v) is 23.1. The molecule has 358 valence electrons.